The van der Waals surface area contributed by atoms with Crippen molar-refractivity contribution in [3.63, 3.8) is 0 Å². The van der Waals surface area contributed by atoms with Gasteiger partial charge in [-0.3, -0.25) is 0 Å². The lowest BCUT2D eigenvalue weighted by Gasteiger charge is -2.05. The third-order valence-corrected chi connectivity index (χ3v) is 1.11. The lowest BCUT2D eigenvalue weighted by Crippen LogP contribution is -2.06. The van der Waals surface area contributed by atoms with Crippen LogP contribution in [0.25, 0.3) is 0 Å². The normalized spacial score (nSPS) is 11.8. The zero-order chi connectivity index (χ0) is 9.35. The van der Waals surface area contributed by atoms with Gasteiger partial charge in [0.15, 0.2) is 0 Å². The molecule has 0 nitrogen and oxygen atoms in total. The molecule has 0 aliphatic heterocycles. The van der Waals surface area contributed by atoms with Crippen molar-refractivity contribution in [2.75, 3.05) is 0 Å². The van der Waals surface area contributed by atoms with Crippen LogP contribution in [0.5, 0.6) is 0 Å². The standard InChI is InChI=1S/C7H2F5/c8-5-1-4(7(10,11)12)2-6(9)3-5/h1,3H. The van der Waals surface area contributed by atoms with Gasteiger partial charge in [0.2, 0.25) is 0 Å². The molecule has 65 valence electrons. The fourth-order valence-corrected chi connectivity index (χ4v) is 0.654. The third-order valence-electron chi connectivity index (χ3n) is 1.11. The van der Waals surface area contributed by atoms with Crippen LogP contribution in [0.3, 0.4) is 0 Å². The second-order valence-electron chi connectivity index (χ2n) is 2.06. The van der Waals surface area contributed by atoms with Gasteiger partial charge in [-0.15, -0.1) is 0 Å². The SMILES string of the molecule is Fc1[c]c(C(F)(F)F)cc(F)c1. The molecule has 0 aliphatic rings. The first-order chi connectivity index (χ1) is 5.39. The molecule has 0 spiro atoms. The van der Waals surface area contributed by atoms with E-state index in [9.17, 15) is 22.0 Å². The van der Waals surface area contributed by atoms with E-state index in [0.717, 1.165) is 0 Å². The molecule has 1 aromatic rings. The lowest BCUT2D eigenvalue weighted by molar-refractivity contribution is -0.138. The van der Waals surface area contributed by atoms with Crippen molar-refractivity contribution >= 4 is 0 Å². The van der Waals surface area contributed by atoms with Crippen molar-refractivity contribution in [2.45, 2.75) is 6.18 Å². The van der Waals surface area contributed by atoms with Gasteiger partial charge in [0.05, 0.1) is 5.56 Å². The van der Waals surface area contributed by atoms with Gasteiger partial charge < -0.3 is 0 Å². The molecule has 1 rings (SSSR count). The highest BCUT2D eigenvalue weighted by Gasteiger charge is 2.31. The van der Waals surface area contributed by atoms with E-state index in [-0.39, 0.29) is 6.07 Å². The number of rotatable bonds is 0. The first kappa shape index (κ1) is 8.96. The van der Waals surface area contributed by atoms with Gasteiger partial charge in [-0.2, -0.15) is 13.2 Å². The van der Waals surface area contributed by atoms with Crippen LogP contribution in [0.1, 0.15) is 5.56 Å². The predicted octanol–water partition coefficient (Wildman–Crippen LogP) is 2.78. The number of halogens is 5. The van der Waals surface area contributed by atoms with Crippen LogP contribution in [-0.2, 0) is 6.18 Å². The molecule has 0 amide bonds. The number of alkyl halides is 3. The maximum atomic E-state index is 12.2. The van der Waals surface area contributed by atoms with Gasteiger partial charge in [-0.25, -0.2) is 8.78 Å². The van der Waals surface area contributed by atoms with Crippen LogP contribution in [0.4, 0.5) is 22.0 Å². The summed E-state index contributed by atoms with van der Waals surface area (Å²) >= 11 is 0. The first-order valence-corrected chi connectivity index (χ1v) is 2.85. The summed E-state index contributed by atoms with van der Waals surface area (Å²) in [5.74, 6) is -2.62. The Balaban J connectivity index is 3.18. The van der Waals surface area contributed by atoms with E-state index in [2.05, 4.69) is 0 Å². The summed E-state index contributed by atoms with van der Waals surface area (Å²) in [6, 6.07) is 1.87. The molecule has 0 saturated carbocycles. The highest BCUT2D eigenvalue weighted by atomic mass is 19.4. The Hall–Kier alpha value is -1.13. The summed E-state index contributed by atoms with van der Waals surface area (Å²) in [5.41, 5.74) is -1.44. The molecule has 5 heteroatoms. The van der Waals surface area contributed by atoms with Gasteiger partial charge >= 0.3 is 6.18 Å². The van der Waals surface area contributed by atoms with Crippen LogP contribution in [-0.4, -0.2) is 0 Å². The zero-order valence-corrected chi connectivity index (χ0v) is 5.54. The molecular formula is C7H2F5. The Morgan fingerprint density at radius 3 is 2.08 bits per heavy atom. The summed E-state index contributed by atoms with van der Waals surface area (Å²) < 4.78 is 59.7. The second kappa shape index (κ2) is 2.73. The minimum absolute atomic E-state index is 0.184. The Morgan fingerprint density at radius 2 is 1.67 bits per heavy atom. The van der Waals surface area contributed by atoms with Gasteiger partial charge in [0.1, 0.15) is 11.6 Å². The van der Waals surface area contributed by atoms with Gasteiger partial charge in [-0.1, -0.05) is 0 Å². The summed E-state index contributed by atoms with van der Waals surface area (Å²) in [7, 11) is 0. The second-order valence-corrected chi connectivity index (χ2v) is 2.06. The van der Waals surface area contributed by atoms with Crippen molar-refractivity contribution in [3.05, 3.63) is 35.4 Å². The molecule has 0 atom stereocenters. The minimum atomic E-state index is -4.76. The smallest absolute Gasteiger partial charge is 0.207 e. The molecule has 1 aromatic carbocycles. The Labute approximate surface area is 64.6 Å². The van der Waals surface area contributed by atoms with Crippen molar-refractivity contribution in [1.29, 1.82) is 0 Å². The fourth-order valence-electron chi connectivity index (χ4n) is 0.654. The number of benzene rings is 1. The van der Waals surface area contributed by atoms with Crippen LogP contribution in [0.15, 0.2) is 12.1 Å². The minimum Gasteiger partial charge on any atom is -0.207 e. The monoisotopic (exact) mass is 181 g/mol. The summed E-state index contributed by atoms with van der Waals surface area (Å²) in [4.78, 5) is 0. The lowest BCUT2D eigenvalue weighted by atomic mass is 10.2. The third kappa shape index (κ3) is 1.93. The quantitative estimate of drug-likeness (QED) is 0.540. The molecule has 0 saturated heterocycles. The molecule has 1 radical (unpaired) electrons. The van der Waals surface area contributed by atoms with Crippen molar-refractivity contribution in [1.82, 2.24) is 0 Å². The van der Waals surface area contributed by atoms with E-state index in [1.54, 1.807) is 0 Å². The van der Waals surface area contributed by atoms with Gasteiger partial charge in [0, 0.05) is 12.1 Å². The molecule has 0 bridgehead atoms. The summed E-state index contributed by atoms with van der Waals surface area (Å²) in [6.07, 6.45) is -4.76. The Bertz CT molecular complexity index is 268. The van der Waals surface area contributed by atoms with E-state index < -0.39 is 23.4 Å². The number of hydrogen-bond acceptors (Lipinski definition) is 0. The number of hydrogen-bond donors (Lipinski definition) is 0. The average Bonchev–Trinajstić information content (AvgIpc) is 1.82. The Kier molecular flexibility index (Phi) is 2.04. The summed E-state index contributed by atoms with van der Waals surface area (Å²) in [6.45, 7) is 0. The van der Waals surface area contributed by atoms with E-state index in [4.69, 9.17) is 0 Å². The first-order valence-electron chi connectivity index (χ1n) is 2.85. The molecule has 12 heavy (non-hydrogen) atoms. The van der Waals surface area contributed by atoms with Crippen LogP contribution in [0.2, 0.25) is 0 Å². The van der Waals surface area contributed by atoms with Crippen molar-refractivity contribution in [3.8, 4) is 0 Å². The van der Waals surface area contributed by atoms with Gasteiger partial charge in [0.25, 0.3) is 0 Å². The summed E-state index contributed by atoms with van der Waals surface area (Å²) in [5, 5.41) is 0. The average molecular weight is 181 g/mol. The van der Waals surface area contributed by atoms with E-state index in [0.29, 0.717) is 6.07 Å². The topological polar surface area (TPSA) is 0 Å². The highest BCUT2D eigenvalue weighted by Crippen LogP contribution is 2.29. The van der Waals surface area contributed by atoms with E-state index in [1.807, 2.05) is 0 Å². The van der Waals surface area contributed by atoms with Crippen LogP contribution < -0.4 is 0 Å². The van der Waals surface area contributed by atoms with Crippen LogP contribution in [0, 0.1) is 17.7 Å². The van der Waals surface area contributed by atoms with Crippen molar-refractivity contribution < 1.29 is 22.0 Å². The highest BCUT2D eigenvalue weighted by molar-refractivity contribution is 5.18. The van der Waals surface area contributed by atoms with Gasteiger partial charge in [-0.05, 0) is 6.07 Å². The molecule has 0 unspecified atom stereocenters. The maximum Gasteiger partial charge on any atom is 0.417 e. The fraction of sp³-hybridized carbons (Fsp3) is 0.143. The molecule has 0 fully saturated rings. The van der Waals surface area contributed by atoms with Crippen LogP contribution >= 0.6 is 0 Å². The zero-order valence-electron chi connectivity index (χ0n) is 5.54. The van der Waals surface area contributed by atoms with E-state index >= 15 is 0 Å². The van der Waals surface area contributed by atoms with Crippen molar-refractivity contribution in [2.24, 2.45) is 0 Å². The molecular weight excluding hydrogens is 179 g/mol. The molecule has 0 heterocycles. The van der Waals surface area contributed by atoms with E-state index in [1.165, 1.54) is 6.07 Å². The maximum absolute atomic E-state index is 12.2. The molecule has 0 N–H and O–H groups in total. The molecule has 0 aromatic heterocycles. The Morgan fingerprint density at radius 1 is 1.08 bits per heavy atom. The molecule has 0 aliphatic carbocycles. The largest absolute Gasteiger partial charge is 0.417 e. The predicted molar refractivity (Wildman–Crippen MR) is 30.2 cm³/mol.